The van der Waals surface area contributed by atoms with E-state index in [1.807, 2.05) is 6.07 Å². The Bertz CT molecular complexity index is 344. The number of rotatable bonds is 3. The fraction of sp³-hybridized carbons (Fsp3) is 0.444. The average molecular weight is 258 g/mol. The van der Waals surface area contributed by atoms with Gasteiger partial charge in [-0.2, -0.15) is 0 Å². The Hall–Kier alpha value is -0.970. The second kappa shape index (κ2) is 4.04. The van der Waals surface area contributed by atoms with Gasteiger partial charge in [0.1, 0.15) is 0 Å². The molecule has 1 fully saturated rings. The zero-order valence-corrected chi connectivity index (χ0v) is 9.25. The zero-order valence-electron chi connectivity index (χ0n) is 7.66. The molecule has 14 heavy (non-hydrogen) atoms. The van der Waals surface area contributed by atoms with Crippen LogP contribution in [0.25, 0.3) is 0 Å². The Morgan fingerprint density at radius 3 is 3.07 bits per heavy atom. The number of nitrogens with one attached hydrogen (secondary N) is 1. The second-order valence-corrected chi connectivity index (χ2v) is 4.16. The third kappa shape index (κ3) is 2.77. The predicted octanol–water partition coefficient (Wildman–Crippen LogP) is 1.61. The van der Waals surface area contributed by atoms with Crippen molar-refractivity contribution in [3.8, 4) is 0 Å². The van der Waals surface area contributed by atoms with Gasteiger partial charge in [0.2, 0.25) is 0 Å². The van der Waals surface area contributed by atoms with Crippen molar-refractivity contribution in [2.75, 3.05) is 0 Å². The summed E-state index contributed by atoms with van der Waals surface area (Å²) in [6.45, 7) is 0.556. The lowest BCUT2D eigenvalue weighted by Crippen LogP contribution is -2.33. The van der Waals surface area contributed by atoms with E-state index in [9.17, 15) is 0 Å². The highest BCUT2D eigenvalue weighted by Gasteiger charge is 2.21. The lowest BCUT2D eigenvalue weighted by molar-refractivity contribution is 0.538. The minimum atomic E-state index is 0.518. The summed E-state index contributed by atoms with van der Waals surface area (Å²) in [6.07, 6.45) is 4.07. The van der Waals surface area contributed by atoms with Gasteiger partial charge < -0.3 is 15.5 Å². The summed E-state index contributed by atoms with van der Waals surface area (Å²) in [7, 11) is 0. The standard InChI is InChI=1S/C9H12BrN3O/c10-8-3-6(5-14-8)4-12-9(11)13-7-1-2-7/h3,5,7H,1-2,4H2,(H3,11,12,13). The van der Waals surface area contributed by atoms with Crippen LogP contribution in [-0.4, -0.2) is 12.0 Å². The van der Waals surface area contributed by atoms with Crippen LogP contribution < -0.4 is 11.1 Å². The molecule has 4 nitrogen and oxygen atoms in total. The summed E-state index contributed by atoms with van der Waals surface area (Å²) >= 11 is 3.23. The SMILES string of the molecule is NC(=NCc1coc(Br)c1)NC1CC1. The third-order valence-electron chi connectivity index (χ3n) is 1.98. The molecule has 0 bridgehead atoms. The molecule has 5 heteroatoms. The van der Waals surface area contributed by atoms with Crippen LogP contribution in [0.3, 0.4) is 0 Å². The molecule has 0 amide bonds. The first-order valence-corrected chi connectivity index (χ1v) is 5.33. The summed E-state index contributed by atoms with van der Waals surface area (Å²) in [6, 6.07) is 2.43. The normalized spacial score (nSPS) is 17.1. The lowest BCUT2D eigenvalue weighted by atomic mass is 10.3. The molecule has 1 aliphatic rings. The lowest BCUT2D eigenvalue weighted by Gasteiger charge is -2.01. The van der Waals surface area contributed by atoms with Crippen LogP contribution in [0.4, 0.5) is 0 Å². The van der Waals surface area contributed by atoms with E-state index in [2.05, 4.69) is 26.2 Å². The number of nitrogens with zero attached hydrogens (tertiary/aromatic N) is 1. The number of aliphatic imine (C=N–C) groups is 1. The van der Waals surface area contributed by atoms with Crippen LogP contribution in [0, 0.1) is 0 Å². The molecular weight excluding hydrogens is 246 g/mol. The van der Waals surface area contributed by atoms with Gasteiger partial charge in [0.25, 0.3) is 0 Å². The second-order valence-electron chi connectivity index (χ2n) is 3.38. The Labute approximate surface area is 90.7 Å². The quantitative estimate of drug-likeness (QED) is 0.639. The zero-order chi connectivity index (χ0) is 9.97. The van der Waals surface area contributed by atoms with Crippen LogP contribution in [0.15, 0.2) is 26.4 Å². The minimum Gasteiger partial charge on any atom is -0.457 e. The average Bonchev–Trinajstić information content (AvgIpc) is 2.85. The number of nitrogens with two attached hydrogens (primary N) is 1. The molecule has 0 atom stereocenters. The highest BCUT2D eigenvalue weighted by atomic mass is 79.9. The molecule has 0 aliphatic heterocycles. The van der Waals surface area contributed by atoms with E-state index in [0.29, 0.717) is 18.5 Å². The number of guanidine groups is 1. The Morgan fingerprint density at radius 2 is 2.50 bits per heavy atom. The molecule has 0 spiro atoms. The van der Waals surface area contributed by atoms with Crippen LogP contribution in [0.5, 0.6) is 0 Å². The maximum atomic E-state index is 5.67. The van der Waals surface area contributed by atoms with E-state index < -0.39 is 0 Å². The van der Waals surface area contributed by atoms with Gasteiger partial charge >= 0.3 is 0 Å². The van der Waals surface area contributed by atoms with Crippen molar-refractivity contribution in [3.63, 3.8) is 0 Å². The largest absolute Gasteiger partial charge is 0.457 e. The van der Waals surface area contributed by atoms with E-state index in [-0.39, 0.29) is 0 Å². The third-order valence-corrected chi connectivity index (χ3v) is 2.40. The van der Waals surface area contributed by atoms with Crippen LogP contribution >= 0.6 is 15.9 Å². The highest BCUT2D eigenvalue weighted by Crippen LogP contribution is 2.18. The smallest absolute Gasteiger partial charge is 0.189 e. The van der Waals surface area contributed by atoms with Gasteiger partial charge in [-0.3, -0.25) is 0 Å². The monoisotopic (exact) mass is 257 g/mol. The Kier molecular flexibility index (Phi) is 2.77. The van der Waals surface area contributed by atoms with Crippen molar-refractivity contribution in [3.05, 3.63) is 22.6 Å². The molecule has 0 unspecified atom stereocenters. The molecule has 1 saturated carbocycles. The van der Waals surface area contributed by atoms with E-state index in [1.165, 1.54) is 12.8 Å². The first-order valence-electron chi connectivity index (χ1n) is 4.53. The Balaban J connectivity index is 1.84. The van der Waals surface area contributed by atoms with Crippen LogP contribution in [-0.2, 0) is 6.54 Å². The number of hydrogen-bond donors (Lipinski definition) is 2. The van der Waals surface area contributed by atoms with Gasteiger partial charge in [0, 0.05) is 11.6 Å². The summed E-state index contributed by atoms with van der Waals surface area (Å²) in [5, 5.41) is 3.12. The minimum absolute atomic E-state index is 0.518. The maximum absolute atomic E-state index is 5.67. The molecule has 1 aromatic heterocycles. The summed E-state index contributed by atoms with van der Waals surface area (Å²) in [5.41, 5.74) is 6.68. The Morgan fingerprint density at radius 1 is 1.71 bits per heavy atom. The van der Waals surface area contributed by atoms with Gasteiger partial charge in [-0.05, 0) is 34.8 Å². The molecule has 0 radical (unpaired) electrons. The molecule has 1 aromatic rings. The molecule has 1 aliphatic carbocycles. The number of furan rings is 1. The summed E-state index contributed by atoms with van der Waals surface area (Å²) in [4.78, 5) is 4.19. The van der Waals surface area contributed by atoms with Gasteiger partial charge in [-0.25, -0.2) is 4.99 Å². The van der Waals surface area contributed by atoms with Gasteiger partial charge in [-0.15, -0.1) is 0 Å². The van der Waals surface area contributed by atoms with Crippen molar-refractivity contribution in [1.82, 2.24) is 5.32 Å². The number of halogens is 1. The molecule has 3 N–H and O–H groups in total. The maximum Gasteiger partial charge on any atom is 0.189 e. The summed E-state index contributed by atoms with van der Waals surface area (Å²) in [5.74, 6) is 0.518. The summed E-state index contributed by atoms with van der Waals surface area (Å²) < 4.78 is 5.80. The highest BCUT2D eigenvalue weighted by molar-refractivity contribution is 9.10. The van der Waals surface area contributed by atoms with Crippen molar-refractivity contribution in [1.29, 1.82) is 0 Å². The molecular formula is C9H12BrN3O. The molecule has 2 rings (SSSR count). The van der Waals surface area contributed by atoms with E-state index in [0.717, 1.165) is 10.2 Å². The van der Waals surface area contributed by atoms with Crippen molar-refractivity contribution >= 4 is 21.9 Å². The number of hydrogen-bond acceptors (Lipinski definition) is 2. The van der Waals surface area contributed by atoms with E-state index in [4.69, 9.17) is 10.2 Å². The van der Waals surface area contributed by atoms with Crippen molar-refractivity contribution in [2.45, 2.75) is 25.4 Å². The van der Waals surface area contributed by atoms with Gasteiger partial charge in [0.05, 0.1) is 12.8 Å². The first-order chi connectivity index (χ1) is 6.74. The fourth-order valence-electron chi connectivity index (χ4n) is 1.09. The van der Waals surface area contributed by atoms with E-state index in [1.54, 1.807) is 6.26 Å². The molecule has 76 valence electrons. The fourth-order valence-corrected chi connectivity index (χ4v) is 1.48. The van der Waals surface area contributed by atoms with Crippen LogP contribution in [0.1, 0.15) is 18.4 Å². The van der Waals surface area contributed by atoms with Crippen LogP contribution in [0.2, 0.25) is 0 Å². The molecule has 1 heterocycles. The van der Waals surface area contributed by atoms with Gasteiger partial charge in [0.15, 0.2) is 10.6 Å². The molecule has 0 aromatic carbocycles. The van der Waals surface area contributed by atoms with Gasteiger partial charge in [-0.1, -0.05) is 0 Å². The van der Waals surface area contributed by atoms with Crippen molar-refractivity contribution < 1.29 is 4.42 Å². The molecule has 0 saturated heterocycles. The van der Waals surface area contributed by atoms with E-state index >= 15 is 0 Å². The predicted molar refractivity (Wildman–Crippen MR) is 57.9 cm³/mol. The first kappa shape index (κ1) is 9.58. The van der Waals surface area contributed by atoms with Crippen molar-refractivity contribution in [2.24, 2.45) is 10.7 Å². The topological polar surface area (TPSA) is 63.5 Å².